The fraction of sp³-hybridized carbons (Fsp3) is 0.818. The molecule has 108 valence electrons. The third-order valence-corrected chi connectivity index (χ3v) is 5.01. The first-order chi connectivity index (χ1) is 8.95. The number of nitrogens with zero attached hydrogens (tertiary/aromatic N) is 3. The monoisotopic (exact) mass is 289 g/mol. The van der Waals surface area contributed by atoms with Crippen molar-refractivity contribution in [1.82, 2.24) is 9.21 Å². The minimum absolute atomic E-state index is 0.114. The standard InChI is InChI=1S/C11H19N3O4S/c12-4-2-5-13-6-8-14(9-7-13)19(17,18)10-1-3-11(15)16/h1-3,5-10H2,(H,15,16). The van der Waals surface area contributed by atoms with Crippen LogP contribution in [0, 0.1) is 11.3 Å². The third-order valence-electron chi connectivity index (χ3n) is 3.06. The molecule has 0 aromatic heterocycles. The molecule has 0 spiro atoms. The Balaban J connectivity index is 2.37. The lowest BCUT2D eigenvalue weighted by molar-refractivity contribution is -0.137. The summed E-state index contributed by atoms with van der Waals surface area (Å²) in [6.45, 7) is 2.75. The lowest BCUT2D eigenvalue weighted by atomic mass is 10.3. The number of piperazine rings is 1. The Kier molecular flexibility index (Phi) is 6.21. The molecule has 0 saturated carbocycles. The van der Waals surface area contributed by atoms with Crippen LogP contribution in [-0.2, 0) is 14.8 Å². The molecule has 0 aromatic rings. The van der Waals surface area contributed by atoms with Gasteiger partial charge in [0.15, 0.2) is 0 Å². The zero-order valence-electron chi connectivity index (χ0n) is 10.8. The zero-order valence-corrected chi connectivity index (χ0v) is 11.6. The lowest BCUT2D eigenvalue weighted by Gasteiger charge is -2.33. The molecule has 1 rings (SSSR count). The maximum Gasteiger partial charge on any atom is 0.303 e. The molecule has 0 atom stereocenters. The second-order valence-electron chi connectivity index (χ2n) is 4.46. The van der Waals surface area contributed by atoms with Crippen LogP contribution in [0.1, 0.15) is 19.3 Å². The molecular formula is C11H19N3O4S. The lowest BCUT2D eigenvalue weighted by Crippen LogP contribution is -2.49. The van der Waals surface area contributed by atoms with Gasteiger partial charge in [-0.2, -0.15) is 9.57 Å². The Bertz CT molecular complexity index is 435. The van der Waals surface area contributed by atoms with Gasteiger partial charge in [0.05, 0.1) is 11.8 Å². The molecule has 8 heteroatoms. The van der Waals surface area contributed by atoms with Crippen molar-refractivity contribution in [3.63, 3.8) is 0 Å². The van der Waals surface area contributed by atoms with E-state index in [1.807, 2.05) is 0 Å². The summed E-state index contributed by atoms with van der Waals surface area (Å²) in [6.07, 6.45) is 0.471. The van der Waals surface area contributed by atoms with E-state index in [1.54, 1.807) is 0 Å². The molecular weight excluding hydrogens is 270 g/mol. The molecule has 1 saturated heterocycles. The van der Waals surface area contributed by atoms with Crippen LogP contribution >= 0.6 is 0 Å². The van der Waals surface area contributed by atoms with Gasteiger partial charge in [-0.05, 0) is 6.42 Å². The van der Waals surface area contributed by atoms with Crippen LogP contribution in [0.15, 0.2) is 0 Å². The van der Waals surface area contributed by atoms with Crippen molar-refractivity contribution in [2.45, 2.75) is 19.3 Å². The maximum absolute atomic E-state index is 11.9. The molecule has 7 nitrogen and oxygen atoms in total. The predicted molar refractivity (Wildman–Crippen MR) is 68.9 cm³/mol. The molecule has 0 amide bonds. The Morgan fingerprint density at radius 1 is 1.26 bits per heavy atom. The van der Waals surface area contributed by atoms with Gasteiger partial charge in [0.2, 0.25) is 10.0 Å². The summed E-state index contributed by atoms with van der Waals surface area (Å²) in [5, 5.41) is 17.0. The summed E-state index contributed by atoms with van der Waals surface area (Å²) < 4.78 is 25.3. The number of rotatable bonds is 7. The predicted octanol–water partition coefficient (Wildman–Crippen LogP) is -0.288. The number of aliphatic carboxylic acids is 1. The second-order valence-corrected chi connectivity index (χ2v) is 6.55. The first-order valence-corrected chi connectivity index (χ1v) is 7.85. The summed E-state index contributed by atoms with van der Waals surface area (Å²) in [5.74, 6) is -1.09. The van der Waals surface area contributed by atoms with Crippen LogP contribution in [0.2, 0.25) is 0 Å². The summed E-state index contributed by atoms with van der Waals surface area (Å²) in [5.41, 5.74) is 0. The fourth-order valence-electron chi connectivity index (χ4n) is 1.97. The fourth-order valence-corrected chi connectivity index (χ4v) is 3.46. The molecule has 0 radical (unpaired) electrons. The SMILES string of the molecule is N#CCCN1CCN(S(=O)(=O)CCCC(=O)O)CC1. The number of carbonyl (C=O) groups is 1. The first kappa shape index (κ1) is 15.9. The Morgan fingerprint density at radius 3 is 2.42 bits per heavy atom. The molecule has 0 aromatic carbocycles. The first-order valence-electron chi connectivity index (χ1n) is 6.24. The third kappa shape index (κ3) is 5.55. The van der Waals surface area contributed by atoms with Gasteiger partial charge in [-0.1, -0.05) is 0 Å². The smallest absolute Gasteiger partial charge is 0.303 e. The average Bonchev–Trinajstić information content (AvgIpc) is 2.36. The average molecular weight is 289 g/mol. The highest BCUT2D eigenvalue weighted by atomic mass is 32.2. The van der Waals surface area contributed by atoms with Crippen molar-refractivity contribution in [3.8, 4) is 6.07 Å². The van der Waals surface area contributed by atoms with Gasteiger partial charge in [0.1, 0.15) is 0 Å². The van der Waals surface area contributed by atoms with Gasteiger partial charge in [0, 0.05) is 45.6 Å². The van der Waals surface area contributed by atoms with Gasteiger partial charge in [-0.25, -0.2) is 8.42 Å². The van der Waals surface area contributed by atoms with Crippen molar-refractivity contribution < 1.29 is 18.3 Å². The van der Waals surface area contributed by atoms with Crippen LogP contribution in [0.25, 0.3) is 0 Å². The van der Waals surface area contributed by atoms with Crippen molar-refractivity contribution in [2.75, 3.05) is 38.5 Å². The Morgan fingerprint density at radius 2 is 1.89 bits per heavy atom. The number of carboxylic acid groups (broad SMARTS) is 1. The summed E-state index contributed by atoms with van der Waals surface area (Å²) >= 11 is 0. The van der Waals surface area contributed by atoms with E-state index in [1.165, 1.54) is 4.31 Å². The van der Waals surface area contributed by atoms with E-state index < -0.39 is 16.0 Å². The van der Waals surface area contributed by atoms with E-state index in [2.05, 4.69) is 11.0 Å². The van der Waals surface area contributed by atoms with Gasteiger partial charge in [-0.3, -0.25) is 9.69 Å². The van der Waals surface area contributed by atoms with E-state index in [4.69, 9.17) is 10.4 Å². The maximum atomic E-state index is 11.9. The van der Waals surface area contributed by atoms with Gasteiger partial charge in [0.25, 0.3) is 0 Å². The van der Waals surface area contributed by atoms with E-state index in [0.717, 1.165) is 0 Å². The van der Waals surface area contributed by atoms with Gasteiger partial charge < -0.3 is 5.11 Å². The van der Waals surface area contributed by atoms with Crippen LogP contribution in [0.5, 0.6) is 0 Å². The van der Waals surface area contributed by atoms with E-state index in [0.29, 0.717) is 39.1 Å². The molecule has 1 N–H and O–H groups in total. The van der Waals surface area contributed by atoms with Crippen molar-refractivity contribution in [3.05, 3.63) is 0 Å². The number of carboxylic acids is 1. The topological polar surface area (TPSA) is 102 Å². The highest BCUT2D eigenvalue weighted by Crippen LogP contribution is 2.10. The normalized spacial score (nSPS) is 18.1. The van der Waals surface area contributed by atoms with Crippen LogP contribution in [-0.4, -0.2) is 67.2 Å². The number of sulfonamides is 1. The summed E-state index contributed by atoms with van der Waals surface area (Å²) in [7, 11) is -3.34. The Labute approximate surface area is 113 Å². The molecule has 0 aliphatic carbocycles. The zero-order chi connectivity index (χ0) is 14.3. The Hall–Kier alpha value is -1.17. The molecule has 0 unspecified atom stereocenters. The molecule has 1 aliphatic heterocycles. The number of nitriles is 1. The van der Waals surface area contributed by atoms with Crippen LogP contribution in [0.3, 0.4) is 0 Å². The molecule has 0 bridgehead atoms. The van der Waals surface area contributed by atoms with Crippen molar-refractivity contribution in [1.29, 1.82) is 5.26 Å². The largest absolute Gasteiger partial charge is 0.481 e. The van der Waals surface area contributed by atoms with Gasteiger partial charge in [-0.15, -0.1) is 0 Å². The van der Waals surface area contributed by atoms with E-state index in [9.17, 15) is 13.2 Å². The van der Waals surface area contributed by atoms with E-state index in [-0.39, 0.29) is 18.6 Å². The highest BCUT2D eigenvalue weighted by Gasteiger charge is 2.26. The van der Waals surface area contributed by atoms with Crippen LogP contribution < -0.4 is 0 Å². The van der Waals surface area contributed by atoms with Crippen molar-refractivity contribution in [2.24, 2.45) is 0 Å². The van der Waals surface area contributed by atoms with Crippen LogP contribution in [0.4, 0.5) is 0 Å². The summed E-state index contributed by atoms with van der Waals surface area (Å²) in [4.78, 5) is 12.4. The quantitative estimate of drug-likeness (QED) is 0.691. The van der Waals surface area contributed by atoms with Gasteiger partial charge >= 0.3 is 5.97 Å². The molecule has 1 heterocycles. The van der Waals surface area contributed by atoms with E-state index >= 15 is 0 Å². The highest BCUT2D eigenvalue weighted by molar-refractivity contribution is 7.89. The van der Waals surface area contributed by atoms with Crippen molar-refractivity contribution >= 4 is 16.0 Å². The molecule has 1 fully saturated rings. The second kappa shape index (κ2) is 7.43. The molecule has 1 aliphatic rings. The number of hydrogen-bond donors (Lipinski definition) is 1. The minimum Gasteiger partial charge on any atom is -0.481 e. The summed E-state index contributed by atoms with van der Waals surface area (Å²) in [6, 6.07) is 2.07. The minimum atomic E-state index is -3.34. The number of hydrogen-bond acceptors (Lipinski definition) is 5. The molecule has 19 heavy (non-hydrogen) atoms.